The lowest BCUT2D eigenvalue weighted by Crippen LogP contribution is -2.47. The van der Waals surface area contributed by atoms with Crippen LogP contribution in [0.15, 0.2) is 0 Å². The van der Waals surface area contributed by atoms with E-state index in [-0.39, 0.29) is 12.0 Å². The van der Waals surface area contributed by atoms with Crippen molar-refractivity contribution < 1.29 is 14.6 Å². The molecule has 0 aromatic rings. The van der Waals surface area contributed by atoms with Gasteiger partial charge < -0.3 is 9.84 Å². The number of ether oxygens (including phenoxy) is 1. The van der Waals surface area contributed by atoms with Crippen LogP contribution in [0.4, 0.5) is 0 Å². The zero-order valence-electron chi connectivity index (χ0n) is 10.8. The molecule has 98 valence electrons. The fourth-order valence-corrected chi connectivity index (χ4v) is 3.41. The Labute approximate surface area is 103 Å². The van der Waals surface area contributed by atoms with Gasteiger partial charge in [-0.15, -0.1) is 0 Å². The first-order valence-electron chi connectivity index (χ1n) is 6.64. The molecule has 0 aromatic carbocycles. The van der Waals surface area contributed by atoms with Crippen molar-refractivity contribution in [1.29, 1.82) is 0 Å². The summed E-state index contributed by atoms with van der Waals surface area (Å²) in [6, 6.07) is 0.121. The van der Waals surface area contributed by atoms with Gasteiger partial charge in [0.2, 0.25) is 0 Å². The highest BCUT2D eigenvalue weighted by Crippen LogP contribution is 2.33. The lowest BCUT2D eigenvalue weighted by atomic mass is 9.91. The molecule has 0 amide bonds. The van der Waals surface area contributed by atoms with Crippen LogP contribution in [0, 0.1) is 5.92 Å². The molecule has 1 saturated heterocycles. The molecule has 1 N–H and O–H groups in total. The van der Waals surface area contributed by atoms with Crippen molar-refractivity contribution in [2.45, 2.75) is 57.2 Å². The first-order chi connectivity index (χ1) is 8.13. The van der Waals surface area contributed by atoms with E-state index >= 15 is 0 Å². The summed E-state index contributed by atoms with van der Waals surface area (Å²) >= 11 is 0. The van der Waals surface area contributed by atoms with Gasteiger partial charge in [-0.1, -0.05) is 6.92 Å². The van der Waals surface area contributed by atoms with Gasteiger partial charge in [0.1, 0.15) is 6.04 Å². The van der Waals surface area contributed by atoms with Crippen LogP contribution < -0.4 is 0 Å². The van der Waals surface area contributed by atoms with E-state index in [1.165, 1.54) is 0 Å². The Kier molecular flexibility index (Phi) is 4.05. The smallest absolute Gasteiger partial charge is 0.321 e. The monoisotopic (exact) mass is 241 g/mol. The van der Waals surface area contributed by atoms with Gasteiger partial charge in [0.05, 0.1) is 6.10 Å². The van der Waals surface area contributed by atoms with Crippen LogP contribution in [0.5, 0.6) is 0 Å². The topological polar surface area (TPSA) is 49.8 Å². The number of carboxylic acids is 1. The summed E-state index contributed by atoms with van der Waals surface area (Å²) in [5.74, 6) is -0.384. The number of hydrogen-bond acceptors (Lipinski definition) is 3. The number of likely N-dealkylation sites (tertiary alicyclic amines) is 1. The maximum absolute atomic E-state index is 11.3. The molecule has 4 nitrogen and oxygen atoms in total. The number of rotatable bonds is 3. The first-order valence-corrected chi connectivity index (χ1v) is 6.64. The summed E-state index contributed by atoms with van der Waals surface area (Å²) in [6.45, 7) is 2.98. The molecule has 4 atom stereocenters. The van der Waals surface area contributed by atoms with Gasteiger partial charge in [-0.2, -0.15) is 0 Å². The summed E-state index contributed by atoms with van der Waals surface area (Å²) in [4.78, 5) is 13.5. The standard InChI is InChI=1S/C13H23NO3/c1-9-6-7-14(12(9)13(15)16)10-4-3-5-11(8-10)17-2/h9-12H,3-8H2,1-2H3,(H,15,16). The van der Waals surface area contributed by atoms with Gasteiger partial charge in [0.25, 0.3) is 0 Å². The highest BCUT2D eigenvalue weighted by Gasteiger charge is 2.41. The Bertz CT molecular complexity index is 282. The molecule has 0 bridgehead atoms. The number of aliphatic carboxylic acids is 1. The molecule has 4 heteroatoms. The third-order valence-electron chi connectivity index (χ3n) is 4.39. The van der Waals surface area contributed by atoms with E-state index in [4.69, 9.17) is 4.74 Å². The molecule has 17 heavy (non-hydrogen) atoms. The molecular weight excluding hydrogens is 218 g/mol. The number of carbonyl (C=O) groups is 1. The average molecular weight is 241 g/mol. The minimum absolute atomic E-state index is 0.274. The second-order valence-corrected chi connectivity index (χ2v) is 5.47. The van der Waals surface area contributed by atoms with Crippen molar-refractivity contribution >= 4 is 5.97 Å². The van der Waals surface area contributed by atoms with Crippen molar-refractivity contribution in [2.24, 2.45) is 5.92 Å². The number of methoxy groups -OCH3 is 1. The SMILES string of the molecule is COC1CCCC(N2CCC(C)C2C(=O)O)C1. The van der Waals surface area contributed by atoms with Gasteiger partial charge >= 0.3 is 5.97 Å². The zero-order chi connectivity index (χ0) is 12.4. The fourth-order valence-electron chi connectivity index (χ4n) is 3.41. The normalized spacial score (nSPS) is 39.4. The molecule has 1 aliphatic heterocycles. The van der Waals surface area contributed by atoms with Crippen LogP contribution in [-0.2, 0) is 9.53 Å². The number of nitrogens with zero attached hydrogens (tertiary/aromatic N) is 1. The molecule has 0 radical (unpaired) electrons. The van der Waals surface area contributed by atoms with Crippen molar-refractivity contribution in [2.75, 3.05) is 13.7 Å². The van der Waals surface area contributed by atoms with Gasteiger partial charge in [-0.25, -0.2) is 0 Å². The van der Waals surface area contributed by atoms with E-state index in [1.807, 2.05) is 0 Å². The van der Waals surface area contributed by atoms with E-state index in [2.05, 4.69) is 11.8 Å². The van der Waals surface area contributed by atoms with Crippen LogP contribution >= 0.6 is 0 Å². The van der Waals surface area contributed by atoms with E-state index < -0.39 is 5.97 Å². The predicted molar refractivity (Wildman–Crippen MR) is 65.0 cm³/mol. The van der Waals surface area contributed by atoms with Crippen LogP contribution in [0.25, 0.3) is 0 Å². The third kappa shape index (κ3) is 2.63. The average Bonchev–Trinajstić information content (AvgIpc) is 2.71. The summed E-state index contributed by atoms with van der Waals surface area (Å²) in [5, 5.41) is 9.33. The fraction of sp³-hybridized carbons (Fsp3) is 0.923. The Hall–Kier alpha value is -0.610. The van der Waals surface area contributed by atoms with Crippen LogP contribution in [-0.4, -0.2) is 47.8 Å². The van der Waals surface area contributed by atoms with Gasteiger partial charge in [-0.05, 0) is 44.6 Å². The Morgan fingerprint density at radius 3 is 2.76 bits per heavy atom. The minimum Gasteiger partial charge on any atom is -0.480 e. The lowest BCUT2D eigenvalue weighted by molar-refractivity contribution is -0.144. The molecule has 1 heterocycles. The molecule has 1 aliphatic carbocycles. The third-order valence-corrected chi connectivity index (χ3v) is 4.39. The van der Waals surface area contributed by atoms with E-state index in [0.717, 1.165) is 38.6 Å². The molecule has 2 aliphatic rings. The molecule has 1 saturated carbocycles. The minimum atomic E-state index is -0.658. The Morgan fingerprint density at radius 1 is 1.35 bits per heavy atom. The molecule has 2 fully saturated rings. The van der Waals surface area contributed by atoms with Crippen molar-refractivity contribution in [1.82, 2.24) is 4.90 Å². The molecule has 2 rings (SSSR count). The summed E-state index contributed by atoms with van der Waals surface area (Å²) in [6.07, 6.45) is 5.71. The first kappa shape index (κ1) is 12.8. The van der Waals surface area contributed by atoms with Crippen LogP contribution in [0.2, 0.25) is 0 Å². The van der Waals surface area contributed by atoms with E-state index in [1.54, 1.807) is 7.11 Å². The maximum Gasteiger partial charge on any atom is 0.321 e. The second-order valence-electron chi connectivity index (χ2n) is 5.47. The van der Waals surface area contributed by atoms with Crippen molar-refractivity contribution in [3.05, 3.63) is 0 Å². The van der Waals surface area contributed by atoms with Crippen molar-refractivity contribution in [3.8, 4) is 0 Å². The Balaban J connectivity index is 2.03. The summed E-state index contributed by atoms with van der Waals surface area (Å²) < 4.78 is 5.43. The van der Waals surface area contributed by atoms with Crippen LogP contribution in [0.1, 0.15) is 39.0 Å². The van der Waals surface area contributed by atoms with Gasteiger partial charge in [-0.3, -0.25) is 9.69 Å². The molecule has 4 unspecified atom stereocenters. The highest BCUT2D eigenvalue weighted by atomic mass is 16.5. The molecular formula is C13H23NO3. The summed E-state index contributed by atoms with van der Waals surface area (Å²) in [5.41, 5.74) is 0. The second kappa shape index (κ2) is 5.36. The van der Waals surface area contributed by atoms with Crippen molar-refractivity contribution in [3.63, 3.8) is 0 Å². The van der Waals surface area contributed by atoms with Gasteiger partial charge in [0, 0.05) is 13.2 Å². The number of carboxylic acid groups (broad SMARTS) is 1. The van der Waals surface area contributed by atoms with Gasteiger partial charge in [0.15, 0.2) is 0 Å². The molecule has 0 aromatic heterocycles. The lowest BCUT2D eigenvalue weighted by Gasteiger charge is -2.37. The highest BCUT2D eigenvalue weighted by molar-refractivity contribution is 5.74. The van der Waals surface area contributed by atoms with Crippen LogP contribution in [0.3, 0.4) is 0 Å². The largest absolute Gasteiger partial charge is 0.480 e. The van der Waals surface area contributed by atoms with E-state index in [9.17, 15) is 9.90 Å². The maximum atomic E-state index is 11.3. The quantitative estimate of drug-likeness (QED) is 0.817. The predicted octanol–water partition coefficient (Wildman–Crippen LogP) is 1.74. The Morgan fingerprint density at radius 2 is 2.12 bits per heavy atom. The summed E-state index contributed by atoms with van der Waals surface area (Å²) in [7, 11) is 1.76. The van der Waals surface area contributed by atoms with E-state index in [0.29, 0.717) is 12.1 Å². The molecule has 0 spiro atoms. The number of hydrogen-bond donors (Lipinski definition) is 1. The zero-order valence-corrected chi connectivity index (χ0v) is 10.8.